The summed E-state index contributed by atoms with van der Waals surface area (Å²) in [6.45, 7) is 1.44. The summed E-state index contributed by atoms with van der Waals surface area (Å²) in [5, 5.41) is 16.4. The Morgan fingerprint density at radius 3 is 2.37 bits per heavy atom. The Kier molecular flexibility index (Phi) is 10.7. The summed E-state index contributed by atoms with van der Waals surface area (Å²) >= 11 is 0. The van der Waals surface area contributed by atoms with Crippen LogP contribution in [0.25, 0.3) is 11.3 Å². The van der Waals surface area contributed by atoms with Gasteiger partial charge < -0.3 is 26.2 Å². The molecule has 1 aliphatic rings. The Hall–Kier alpha value is -5.52. The Bertz CT molecular complexity index is 1660. The molecule has 46 heavy (non-hydrogen) atoms. The molecule has 12 heteroatoms. The van der Waals surface area contributed by atoms with Crippen molar-refractivity contribution in [3.8, 4) is 11.3 Å². The van der Waals surface area contributed by atoms with E-state index in [1.54, 1.807) is 34.8 Å². The van der Waals surface area contributed by atoms with Gasteiger partial charge in [0.2, 0.25) is 11.8 Å². The molecule has 2 aromatic heterocycles. The molecule has 4 amide bonds. The molecule has 4 aromatic rings. The highest BCUT2D eigenvalue weighted by molar-refractivity contribution is 5.97. The van der Waals surface area contributed by atoms with Crippen molar-refractivity contribution in [2.24, 2.45) is 7.05 Å². The quantitative estimate of drug-likeness (QED) is 0.273. The average molecular weight is 623 g/mol. The van der Waals surface area contributed by atoms with Crippen LogP contribution in [0.2, 0.25) is 0 Å². The molecule has 5 rings (SSSR count). The van der Waals surface area contributed by atoms with Crippen molar-refractivity contribution in [2.75, 3.05) is 38.0 Å². The zero-order chi connectivity index (χ0) is 32.3. The van der Waals surface area contributed by atoms with Crippen molar-refractivity contribution >= 4 is 29.3 Å². The van der Waals surface area contributed by atoms with Gasteiger partial charge in [0.25, 0.3) is 11.8 Å². The topological polar surface area (TPSA) is 150 Å². The van der Waals surface area contributed by atoms with E-state index in [4.69, 9.17) is 0 Å². The summed E-state index contributed by atoms with van der Waals surface area (Å²) in [5.41, 5.74) is 3.65. The normalized spacial score (nSPS) is 16.9. The van der Waals surface area contributed by atoms with Crippen molar-refractivity contribution < 1.29 is 19.2 Å². The Labute approximate surface area is 267 Å². The van der Waals surface area contributed by atoms with Crippen LogP contribution in [0.5, 0.6) is 0 Å². The lowest BCUT2D eigenvalue weighted by molar-refractivity contribution is -0.123. The number of fused-ring (bicyclic) bond motifs is 2. The first-order chi connectivity index (χ1) is 22.4. The van der Waals surface area contributed by atoms with E-state index < -0.39 is 11.9 Å². The number of carbonyl (C=O) groups excluding carboxylic acids is 4. The minimum atomic E-state index is -0.883. The number of carbonyl (C=O) groups is 4. The third-order valence-corrected chi connectivity index (χ3v) is 7.64. The van der Waals surface area contributed by atoms with Crippen LogP contribution in [0, 0.1) is 0 Å². The van der Waals surface area contributed by atoms with Gasteiger partial charge in [-0.15, -0.1) is 0 Å². The average Bonchev–Trinajstić information content (AvgIpc) is 3.47. The van der Waals surface area contributed by atoms with E-state index in [1.807, 2.05) is 60.7 Å². The van der Waals surface area contributed by atoms with E-state index in [2.05, 4.69) is 31.3 Å². The van der Waals surface area contributed by atoms with Gasteiger partial charge in [0.1, 0.15) is 17.4 Å². The summed E-state index contributed by atoms with van der Waals surface area (Å²) in [4.78, 5) is 58.9. The molecule has 4 N–H and O–H groups in total. The first kappa shape index (κ1) is 31.9. The van der Waals surface area contributed by atoms with Crippen LogP contribution in [-0.4, -0.2) is 82.1 Å². The summed E-state index contributed by atoms with van der Waals surface area (Å²) in [6, 6.07) is 23.2. The van der Waals surface area contributed by atoms with Crippen molar-refractivity contribution in [3.63, 3.8) is 0 Å². The second-order valence-electron chi connectivity index (χ2n) is 11.0. The molecule has 0 saturated carbocycles. The number of aromatic nitrogens is 3. The molecule has 2 aromatic carbocycles. The molecular weight excluding hydrogens is 584 g/mol. The second-order valence-corrected chi connectivity index (χ2v) is 11.0. The number of anilines is 1. The molecule has 238 valence electrons. The van der Waals surface area contributed by atoms with Crippen LogP contribution < -0.4 is 21.3 Å². The molecule has 0 spiro atoms. The van der Waals surface area contributed by atoms with Crippen molar-refractivity contribution in [2.45, 2.75) is 25.3 Å². The lowest BCUT2D eigenvalue weighted by Crippen LogP contribution is -2.50. The van der Waals surface area contributed by atoms with Crippen LogP contribution in [0.4, 0.5) is 5.69 Å². The molecule has 1 atom stereocenters. The van der Waals surface area contributed by atoms with Gasteiger partial charge >= 0.3 is 0 Å². The summed E-state index contributed by atoms with van der Waals surface area (Å²) in [5.74, 6) is -1.27. The smallest absolute Gasteiger partial charge is 0.272 e. The molecule has 12 nitrogen and oxygen atoms in total. The molecular formula is C34H38N8O4. The predicted molar refractivity (Wildman–Crippen MR) is 174 cm³/mol. The summed E-state index contributed by atoms with van der Waals surface area (Å²) < 4.78 is 1.55. The Morgan fingerprint density at radius 1 is 0.848 bits per heavy atom. The predicted octanol–water partition coefficient (Wildman–Crippen LogP) is 2.40. The molecule has 2 bridgehead atoms. The number of pyridine rings is 1. The van der Waals surface area contributed by atoms with Gasteiger partial charge in [0.15, 0.2) is 0 Å². The standard InChI is InChI=1S/C34H38N8O4/c1-41-30(23-27(40-41)25-11-6-3-7-12-25)34(46)42-19-8-13-31(43)37-17-16-35-26-14-15-36-28(22-26)33(45)39-29(32(44)38-18-20-42)21-24-9-4-2-5-10-24/h2-7,9-12,14-15,22-23,29,35H,8,13,16-21H2,1H3,(H,37,43)(H,38,44)(H,39,45)/t29-/m0/s1. The largest absolute Gasteiger partial charge is 0.383 e. The fourth-order valence-corrected chi connectivity index (χ4v) is 5.22. The number of amides is 4. The van der Waals surface area contributed by atoms with Gasteiger partial charge in [-0.25, -0.2) is 0 Å². The highest BCUT2D eigenvalue weighted by atomic mass is 16.2. The van der Waals surface area contributed by atoms with Gasteiger partial charge in [-0.3, -0.25) is 28.8 Å². The van der Waals surface area contributed by atoms with Gasteiger partial charge in [-0.2, -0.15) is 5.10 Å². The van der Waals surface area contributed by atoms with E-state index in [0.29, 0.717) is 43.1 Å². The number of hydrogen-bond donors (Lipinski definition) is 4. The lowest BCUT2D eigenvalue weighted by Gasteiger charge is -2.24. The van der Waals surface area contributed by atoms with Crippen LogP contribution in [0.1, 0.15) is 39.4 Å². The molecule has 1 aliphatic heterocycles. The zero-order valence-electron chi connectivity index (χ0n) is 25.7. The minimum absolute atomic E-state index is 0.133. The van der Waals surface area contributed by atoms with Crippen molar-refractivity contribution in [1.29, 1.82) is 0 Å². The van der Waals surface area contributed by atoms with Gasteiger partial charge in [-0.05, 0) is 30.2 Å². The van der Waals surface area contributed by atoms with E-state index in [-0.39, 0.29) is 49.3 Å². The molecule has 3 heterocycles. The highest BCUT2D eigenvalue weighted by Gasteiger charge is 2.25. The number of hydrogen-bond acceptors (Lipinski definition) is 7. The minimum Gasteiger partial charge on any atom is -0.383 e. The fourth-order valence-electron chi connectivity index (χ4n) is 5.22. The van der Waals surface area contributed by atoms with Crippen LogP contribution in [-0.2, 0) is 23.1 Å². The van der Waals surface area contributed by atoms with Gasteiger partial charge in [0, 0.05) is 70.1 Å². The molecule has 0 fully saturated rings. The number of aryl methyl sites for hydroxylation is 1. The lowest BCUT2D eigenvalue weighted by atomic mass is 10.0. The van der Waals surface area contributed by atoms with Crippen LogP contribution in [0.3, 0.4) is 0 Å². The van der Waals surface area contributed by atoms with E-state index >= 15 is 0 Å². The van der Waals surface area contributed by atoms with Gasteiger partial charge in [-0.1, -0.05) is 60.7 Å². The SMILES string of the molecule is Cn1nc(-c2ccccc2)cc1C(=O)N1CCCC(=O)NCCNc2ccnc(c2)C(=O)N[C@@H](Cc2ccccc2)C(=O)NCC1. The van der Waals surface area contributed by atoms with Crippen molar-refractivity contribution in [3.05, 3.63) is 102 Å². The molecule has 0 unspecified atom stereocenters. The van der Waals surface area contributed by atoms with E-state index in [9.17, 15) is 19.2 Å². The van der Waals surface area contributed by atoms with E-state index in [1.165, 1.54) is 6.20 Å². The molecule has 0 aliphatic carbocycles. The summed E-state index contributed by atoms with van der Waals surface area (Å²) in [6.07, 6.45) is 2.45. The maximum absolute atomic E-state index is 13.8. The summed E-state index contributed by atoms with van der Waals surface area (Å²) in [7, 11) is 1.72. The van der Waals surface area contributed by atoms with Crippen LogP contribution in [0.15, 0.2) is 85.1 Å². The first-order valence-corrected chi connectivity index (χ1v) is 15.4. The maximum atomic E-state index is 13.8. The highest BCUT2D eigenvalue weighted by Crippen LogP contribution is 2.19. The fraction of sp³-hybridized carbons (Fsp3) is 0.294. The zero-order valence-corrected chi connectivity index (χ0v) is 25.7. The van der Waals surface area contributed by atoms with E-state index in [0.717, 1.165) is 11.1 Å². The van der Waals surface area contributed by atoms with Crippen LogP contribution >= 0.6 is 0 Å². The maximum Gasteiger partial charge on any atom is 0.272 e. The number of nitrogens with zero attached hydrogens (tertiary/aromatic N) is 4. The first-order valence-electron chi connectivity index (χ1n) is 15.4. The third kappa shape index (κ3) is 8.56. The van der Waals surface area contributed by atoms with Crippen molar-refractivity contribution in [1.82, 2.24) is 35.6 Å². The second kappa shape index (κ2) is 15.5. The monoisotopic (exact) mass is 622 g/mol. The molecule has 0 radical (unpaired) electrons. The number of rotatable bonds is 4. The Balaban J connectivity index is 1.35. The van der Waals surface area contributed by atoms with Gasteiger partial charge in [0.05, 0.1) is 5.69 Å². The number of benzene rings is 2. The third-order valence-electron chi connectivity index (χ3n) is 7.64. The Morgan fingerprint density at radius 2 is 1.59 bits per heavy atom. The molecule has 0 saturated heterocycles. The number of nitrogens with one attached hydrogen (secondary N) is 4.